The molecule has 0 N–H and O–H groups in total. The minimum Gasteiger partial charge on any atom is -0.469 e. The van der Waals surface area contributed by atoms with Gasteiger partial charge in [-0.2, -0.15) is 0 Å². The molecule has 2 aromatic heterocycles. The van der Waals surface area contributed by atoms with E-state index < -0.39 is 5.82 Å². The quantitative estimate of drug-likeness (QED) is 0.807. The van der Waals surface area contributed by atoms with Gasteiger partial charge < -0.3 is 9.64 Å². The van der Waals surface area contributed by atoms with Crippen molar-refractivity contribution in [2.45, 2.75) is 26.2 Å². The average molecular weight is 333 g/mol. The summed E-state index contributed by atoms with van der Waals surface area (Å²) in [7, 11) is 1.38. The molecule has 3 heterocycles. The van der Waals surface area contributed by atoms with Gasteiger partial charge in [-0.1, -0.05) is 6.92 Å². The second kappa shape index (κ2) is 6.59. The molecule has 0 aliphatic carbocycles. The van der Waals surface area contributed by atoms with E-state index in [4.69, 9.17) is 4.74 Å². The fraction of sp³-hybridized carbons (Fsp3) is 0.471. The highest BCUT2D eigenvalue weighted by Crippen LogP contribution is 2.22. The second-order valence-electron chi connectivity index (χ2n) is 5.93. The van der Waals surface area contributed by atoms with Crippen LogP contribution in [0.4, 0.5) is 4.39 Å². The van der Waals surface area contributed by atoms with Gasteiger partial charge in [0.25, 0.3) is 5.91 Å². The minimum atomic E-state index is -0.416. The van der Waals surface area contributed by atoms with Crippen molar-refractivity contribution in [3.8, 4) is 0 Å². The molecule has 0 radical (unpaired) electrons. The molecule has 0 aromatic carbocycles. The van der Waals surface area contributed by atoms with Crippen molar-refractivity contribution in [1.82, 2.24) is 14.3 Å². The number of hydrogen-bond acceptors (Lipinski definition) is 4. The normalized spacial score (nSPS) is 15.7. The lowest BCUT2D eigenvalue weighted by molar-refractivity contribution is -0.146. The lowest BCUT2D eigenvalue weighted by Gasteiger charge is -2.30. The molecule has 1 aliphatic heterocycles. The molecule has 0 unspecified atom stereocenters. The number of pyridine rings is 1. The fourth-order valence-electron chi connectivity index (χ4n) is 3.18. The molecule has 3 rings (SSSR count). The van der Waals surface area contributed by atoms with Crippen LogP contribution in [0.3, 0.4) is 0 Å². The first kappa shape index (κ1) is 16.4. The van der Waals surface area contributed by atoms with Crippen molar-refractivity contribution >= 4 is 17.5 Å². The largest absolute Gasteiger partial charge is 0.469 e. The van der Waals surface area contributed by atoms with Crippen LogP contribution in [-0.2, 0) is 16.0 Å². The molecule has 2 aromatic rings. The van der Waals surface area contributed by atoms with E-state index in [-0.39, 0.29) is 17.8 Å². The zero-order valence-corrected chi connectivity index (χ0v) is 13.8. The lowest BCUT2D eigenvalue weighted by atomic mass is 9.97. The summed E-state index contributed by atoms with van der Waals surface area (Å²) < 4.78 is 19.9. The van der Waals surface area contributed by atoms with Crippen LogP contribution in [0.1, 0.15) is 35.9 Å². The highest BCUT2D eigenvalue weighted by atomic mass is 19.1. The van der Waals surface area contributed by atoms with Crippen LogP contribution >= 0.6 is 0 Å². The molecule has 0 bridgehead atoms. The third kappa shape index (κ3) is 2.86. The summed E-state index contributed by atoms with van der Waals surface area (Å²) in [4.78, 5) is 30.7. The molecule has 1 aliphatic rings. The molecule has 128 valence electrons. The Morgan fingerprint density at radius 1 is 1.33 bits per heavy atom. The van der Waals surface area contributed by atoms with Gasteiger partial charge >= 0.3 is 5.97 Å². The monoisotopic (exact) mass is 333 g/mol. The van der Waals surface area contributed by atoms with Gasteiger partial charge in [0.05, 0.1) is 18.7 Å². The van der Waals surface area contributed by atoms with Gasteiger partial charge in [-0.3, -0.25) is 14.0 Å². The maximum Gasteiger partial charge on any atom is 0.308 e. The molecular formula is C17H20FN3O3. The molecular weight excluding hydrogens is 313 g/mol. The number of aromatic nitrogens is 2. The SMILES string of the molecule is CCc1nc2ccc(F)cn2c1C(=O)N1CCC(C(=O)OC)CC1. The Hall–Kier alpha value is -2.44. The van der Waals surface area contributed by atoms with Crippen molar-refractivity contribution in [2.24, 2.45) is 5.92 Å². The summed E-state index contributed by atoms with van der Waals surface area (Å²) in [5.41, 5.74) is 1.62. The fourth-order valence-corrected chi connectivity index (χ4v) is 3.18. The number of aryl methyl sites for hydroxylation is 1. The van der Waals surface area contributed by atoms with Gasteiger partial charge in [-0.25, -0.2) is 9.37 Å². The van der Waals surface area contributed by atoms with Gasteiger partial charge in [-0.15, -0.1) is 0 Å². The molecule has 0 saturated carbocycles. The van der Waals surface area contributed by atoms with E-state index in [9.17, 15) is 14.0 Å². The Morgan fingerprint density at radius 3 is 2.67 bits per heavy atom. The molecule has 6 nitrogen and oxygen atoms in total. The topological polar surface area (TPSA) is 63.9 Å². The van der Waals surface area contributed by atoms with Crippen LogP contribution in [0, 0.1) is 11.7 Å². The standard InChI is InChI=1S/C17H20FN3O3/c1-3-13-15(21-10-12(18)4-5-14(21)19-13)16(22)20-8-6-11(7-9-20)17(23)24-2/h4-5,10-11H,3,6-9H2,1-2H3. The van der Waals surface area contributed by atoms with E-state index in [0.29, 0.717) is 49.4 Å². The summed E-state index contributed by atoms with van der Waals surface area (Å²) in [6.45, 7) is 2.87. The van der Waals surface area contributed by atoms with Crippen LogP contribution in [0.2, 0.25) is 0 Å². The molecule has 24 heavy (non-hydrogen) atoms. The molecule has 0 atom stereocenters. The number of imidazole rings is 1. The number of nitrogens with zero attached hydrogens (tertiary/aromatic N) is 3. The maximum absolute atomic E-state index is 13.6. The molecule has 1 fully saturated rings. The predicted octanol–water partition coefficient (Wildman–Crippen LogP) is 2.06. The van der Waals surface area contributed by atoms with E-state index in [1.807, 2.05) is 6.92 Å². The van der Waals surface area contributed by atoms with Crippen molar-refractivity contribution in [1.29, 1.82) is 0 Å². The zero-order chi connectivity index (χ0) is 17.3. The maximum atomic E-state index is 13.6. The number of ether oxygens (including phenoxy) is 1. The number of fused-ring (bicyclic) bond motifs is 1. The number of carbonyl (C=O) groups is 2. The van der Waals surface area contributed by atoms with Gasteiger partial charge in [0.15, 0.2) is 0 Å². The van der Waals surface area contributed by atoms with E-state index in [0.717, 1.165) is 0 Å². The zero-order valence-electron chi connectivity index (χ0n) is 13.8. The van der Waals surface area contributed by atoms with Gasteiger partial charge in [0, 0.05) is 19.3 Å². The number of carbonyl (C=O) groups excluding carboxylic acids is 2. The highest BCUT2D eigenvalue weighted by molar-refractivity contribution is 5.95. The first-order valence-electron chi connectivity index (χ1n) is 8.08. The number of piperidine rings is 1. The number of halogens is 1. The van der Waals surface area contributed by atoms with Crippen LogP contribution in [0.5, 0.6) is 0 Å². The van der Waals surface area contributed by atoms with Gasteiger partial charge in [0.1, 0.15) is 17.2 Å². The van der Waals surface area contributed by atoms with Gasteiger partial charge in [0.2, 0.25) is 0 Å². The Bertz CT molecular complexity index is 779. The smallest absolute Gasteiger partial charge is 0.308 e. The summed E-state index contributed by atoms with van der Waals surface area (Å²) >= 11 is 0. The van der Waals surface area contributed by atoms with Crippen molar-refractivity contribution in [3.63, 3.8) is 0 Å². The number of amides is 1. The Balaban J connectivity index is 1.87. The predicted molar refractivity (Wildman–Crippen MR) is 85.2 cm³/mol. The van der Waals surface area contributed by atoms with Crippen LogP contribution in [0.15, 0.2) is 18.3 Å². The Morgan fingerprint density at radius 2 is 2.04 bits per heavy atom. The third-order valence-electron chi connectivity index (χ3n) is 4.51. The Labute approximate surface area is 139 Å². The number of hydrogen-bond donors (Lipinski definition) is 0. The average Bonchev–Trinajstić information content (AvgIpc) is 2.98. The summed E-state index contributed by atoms with van der Waals surface area (Å²) in [5.74, 6) is -0.980. The van der Waals surface area contributed by atoms with E-state index in [1.165, 1.54) is 23.8 Å². The number of methoxy groups -OCH3 is 1. The van der Waals surface area contributed by atoms with Crippen LogP contribution in [0.25, 0.3) is 5.65 Å². The highest BCUT2D eigenvalue weighted by Gasteiger charge is 2.30. The van der Waals surface area contributed by atoms with Gasteiger partial charge in [-0.05, 0) is 31.4 Å². The van der Waals surface area contributed by atoms with E-state index in [2.05, 4.69) is 4.98 Å². The molecule has 1 saturated heterocycles. The number of rotatable bonds is 3. The molecule has 7 heteroatoms. The first-order chi connectivity index (χ1) is 11.5. The first-order valence-corrected chi connectivity index (χ1v) is 8.08. The number of esters is 1. The van der Waals surface area contributed by atoms with E-state index >= 15 is 0 Å². The van der Waals surface area contributed by atoms with Crippen molar-refractivity contribution < 1.29 is 18.7 Å². The minimum absolute atomic E-state index is 0.163. The lowest BCUT2D eigenvalue weighted by Crippen LogP contribution is -2.41. The van der Waals surface area contributed by atoms with Crippen molar-refractivity contribution in [2.75, 3.05) is 20.2 Å². The van der Waals surface area contributed by atoms with Crippen molar-refractivity contribution in [3.05, 3.63) is 35.5 Å². The summed E-state index contributed by atoms with van der Waals surface area (Å²) in [6.07, 6.45) is 3.02. The van der Waals surface area contributed by atoms with Crippen LogP contribution < -0.4 is 0 Å². The molecule has 1 amide bonds. The summed E-state index contributed by atoms with van der Waals surface area (Å²) in [5, 5.41) is 0. The second-order valence-corrected chi connectivity index (χ2v) is 5.93. The summed E-state index contributed by atoms with van der Waals surface area (Å²) in [6, 6.07) is 2.90. The van der Waals surface area contributed by atoms with E-state index in [1.54, 1.807) is 11.0 Å². The Kier molecular flexibility index (Phi) is 4.51. The molecule has 0 spiro atoms. The van der Waals surface area contributed by atoms with Crippen LogP contribution in [-0.4, -0.2) is 46.4 Å². The third-order valence-corrected chi connectivity index (χ3v) is 4.51. The number of likely N-dealkylation sites (tertiary alicyclic amines) is 1.